The first kappa shape index (κ1) is 17.6. The fourth-order valence-corrected chi connectivity index (χ4v) is 1.47. The van der Waals surface area contributed by atoms with Crippen molar-refractivity contribution in [2.24, 2.45) is 4.99 Å². The second-order valence-corrected chi connectivity index (χ2v) is 6.76. The molecule has 0 aliphatic heterocycles. The number of rotatable bonds is 8. The van der Waals surface area contributed by atoms with Gasteiger partial charge in [-0.3, -0.25) is 4.99 Å². The molecule has 0 aromatic rings. The molecule has 4 nitrogen and oxygen atoms in total. The lowest BCUT2D eigenvalue weighted by Gasteiger charge is -2.20. The van der Waals surface area contributed by atoms with Gasteiger partial charge in [0.15, 0.2) is 5.96 Å². The second-order valence-electron chi connectivity index (χ2n) is 5.24. The van der Waals surface area contributed by atoms with Crippen LogP contribution in [0, 0.1) is 0 Å². The van der Waals surface area contributed by atoms with E-state index < -0.39 is 0 Å². The maximum absolute atomic E-state index is 4.63. The van der Waals surface area contributed by atoms with Crippen LogP contribution in [-0.2, 0) is 0 Å². The van der Waals surface area contributed by atoms with Gasteiger partial charge in [0.05, 0.1) is 6.54 Å². The Morgan fingerprint density at radius 1 is 1.28 bits per heavy atom. The van der Waals surface area contributed by atoms with Gasteiger partial charge < -0.3 is 15.5 Å². The highest BCUT2D eigenvalue weighted by Crippen LogP contribution is 2.20. The average Bonchev–Trinajstić information content (AvgIpc) is 2.31. The number of nitrogens with zero attached hydrogens (tertiary/aromatic N) is 2. The summed E-state index contributed by atoms with van der Waals surface area (Å²) in [6.45, 7) is 10.3. The molecule has 0 fully saturated rings. The van der Waals surface area contributed by atoms with Crippen molar-refractivity contribution in [3.05, 3.63) is 0 Å². The van der Waals surface area contributed by atoms with Crippen molar-refractivity contribution in [2.75, 3.05) is 46.5 Å². The van der Waals surface area contributed by atoms with Gasteiger partial charge in [-0.15, -0.1) is 0 Å². The molecule has 0 aliphatic carbocycles. The van der Waals surface area contributed by atoms with Gasteiger partial charge in [-0.25, -0.2) is 0 Å². The molecular formula is C13H30N4S. The maximum atomic E-state index is 4.63. The third kappa shape index (κ3) is 9.59. The molecule has 0 aliphatic rings. The minimum atomic E-state index is 0.200. The van der Waals surface area contributed by atoms with Gasteiger partial charge in [0.2, 0.25) is 0 Å². The van der Waals surface area contributed by atoms with E-state index in [4.69, 9.17) is 0 Å². The summed E-state index contributed by atoms with van der Waals surface area (Å²) in [4.78, 5) is 6.83. The zero-order valence-electron chi connectivity index (χ0n) is 12.8. The number of hydrogen-bond donors (Lipinski definition) is 2. The summed E-state index contributed by atoms with van der Waals surface area (Å²) in [5, 5.41) is 6.66. The van der Waals surface area contributed by atoms with Gasteiger partial charge in [-0.2, -0.15) is 11.8 Å². The quantitative estimate of drug-likeness (QED) is 0.401. The van der Waals surface area contributed by atoms with Crippen LogP contribution in [0.25, 0.3) is 0 Å². The predicted octanol–water partition coefficient (Wildman–Crippen LogP) is 1.63. The minimum absolute atomic E-state index is 0.200. The molecule has 0 rings (SSSR count). The van der Waals surface area contributed by atoms with Crippen LogP contribution < -0.4 is 10.6 Å². The third-order valence-electron chi connectivity index (χ3n) is 2.59. The molecule has 2 N–H and O–H groups in total. The summed E-state index contributed by atoms with van der Waals surface area (Å²) < 4.78 is 0.200. The Kier molecular flexibility index (Phi) is 9.28. The summed E-state index contributed by atoms with van der Waals surface area (Å²) in [6, 6.07) is 0. The van der Waals surface area contributed by atoms with E-state index in [0.717, 1.165) is 38.6 Å². The summed E-state index contributed by atoms with van der Waals surface area (Å²) in [5.74, 6) is 0.929. The average molecular weight is 274 g/mol. The van der Waals surface area contributed by atoms with Gasteiger partial charge >= 0.3 is 0 Å². The van der Waals surface area contributed by atoms with Crippen LogP contribution in [0.2, 0.25) is 0 Å². The molecule has 0 spiro atoms. The molecule has 0 amide bonds. The summed E-state index contributed by atoms with van der Waals surface area (Å²) in [7, 11) is 4.20. The molecule has 0 saturated heterocycles. The van der Waals surface area contributed by atoms with Crippen LogP contribution in [0.4, 0.5) is 0 Å². The molecule has 0 aromatic carbocycles. The Labute approximate surface area is 117 Å². The molecule has 0 saturated carbocycles. The number of thioether (sulfide) groups is 1. The largest absolute Gasteiger partial charge is 0.357 e. The van der Waals surface area contributed by atoms with Crippen LogP contribution in [0.15, 0.2) is 4.99 Å². The lowest BCUT2D eigenvalue weighted by Crippen LogP contribution is -2.39. The van der Waals surface area contributed by atoms with Crippen molar-refractivity contribution in [1.29, 1.82) is 0 Å². The molecule has 0 bridgehead atoms. The summed E-state index contributed by atoms with van der Waals surface area (Å²) in [5.41, 5.74) is 0. The van der Waals surface area contributed by atoms with E-state index in [1.807, 2.05) is 11.8 Å². The normalized spacial score (nSPS) is 12.9. The van der Waals surface area contributed by atoms with Crippen molar-refractivity contribution in [3.63, 3.8) is 0 Å². The van der Waals surface area contributed by atoms with Gasteiger partial charge in [0, 0.05) is 17.8 Å². The first-order valence-electron chi connectivity index (χ1n) is 6.63. The molecule has 18 heavy (non-hydrogen) atoms. The zero-order chi connectivity index (χ0) is 14.0. The SMILES string of the molecule is CCNC(=NCC(C)(C)SC)NCCCN(C)C. The Morgan fingerprint density at radius 3 is 2.44 bits per heavy atom. The van der Waals surface area contributed by atoms with E-state index in [0.29, 0.717) is 0 Å². The second kappa shape index (κ2) is 9.50. The first-order chi connectivity index (χ1) is 8.41. The topological polar surface area (TPSA) is 39.7 Å². The van der Waals surface area contributed by atoms with Crippen molar-refractivity contribution in [2.45, 2.75) is 31.9 Å². The number of guanidine groups is 1. The van der Waals surface area contributed by atoms with E-state index in [1.54, 1.807) is 0 Å². The fourth-order valence-electron chi connectivity index (χ4n) is 1.28. The van der Waals surface area contributed by atoms with Crippen LogP contribution in [-0.4, -0.2) is 62.1 Å². The molecule has 0 radical (unpaired) electrons. The molecule has 0 atom stereocenters. The summed E-state index contributed by atoms with van der Waals surface area (Å²) >= 11 is 1.85. The Hall–Kier alpha value is -0.420. The predicted molar refractivity (Wildman–Crippen MR) is 84.7 cm³/mol. The highest BCUT2D eigenvalue weighted by Gasteiger charge is 2.15. The fraction of sp³-hybridized carbons (Fsp3) is 0.923. The molecule has 0 unspecified atom stereocenters. The van der Waals surface area contributed by atoms with Gasteiger partial charge in [0.25, 0.3) is 0 Å². The monoisotopic (exact) mass is 274 g/mol. The van der Waals surface area contributed by atoms with E-state index in [9.17, 15) is 0 Å². The van der Waals surface area contributed by atoms with Crippen molar-refractivity contribution in [3.8, 4) is 0 Å². The Morgan fingerprint density at radius 2 is 1.94 bits per heavy atom. The van der Waals surface area contributed by atoms with E-state index in [-0.39, 0.29) is 4.75 Å². The molecule has 108 valence electrons. The number of aliphatic imine (C=N–C) groups is 1. The lowest BCUT2D eigenvalue weighted by atomic mass is 10.2. The maximum Gasteiger partial charge on any atom is 0.191 e. The highest BCUT2D eigenvalue weighted by molar-refractivity contribution is 7.99. The zero-order valence-corrected chi connectivity index (χ0v) is 13.7. The van der Waals surface area contributed by atoms with E-state index in [1.165, 1.54) is 0 Å². The van der Waals surface area contributed by atoms with E-state index >= 15 is 0 Å². The van der Waals surface area contributed by atoms with E-state index in [2.05, 4.69) is 61.6 Å². The van der Waals surface area contributed by atoms with Crippen LogP contribution in [0.3, 0.4) is 0 Å². The standard InChI is InChI=1S/C13H30N4S/c1-7-14-12(15-9-8-10-17(4)5)16-11-13(2,3)18-6/h7-11H2,1-6H3,(H2,14,15,16). The molecule has 5 heteroatoms. The van der Waals surface area contributed by atoms with Crippen molar-refractivity contribution >= 4 is 17.7 Å². The van der Waals surface area contributed by atoms with Crippen LogP contribution >= 0.6 is 11.8 Å². The summed E-state index contributed by atoms with van der Waals surface area (Å²) in [6.07, 6.45) is 3.26. The van der Waals surface area contributed by atoms with Crippen molar-refractivity contribution < 1.29 is 0 Å². The smallest absolute Gasteiger partial charge is 0.191 e. The minimum Gasteiger partial charge on any atom is -0.357 e. The Balaban J connectivity index is 4.08. The third-order valence-corrected chi connectivity index (χ3v) is 3.82. The van der Waals surface area contributed by atoms with Gasteiger partial charge in [-0.05, 0) is 54.1 Å². The molecule has 0 heterocycles. The highest BCUT2D eigenvalue weighted by atomic mass is 32.2. The van der Waals surface area contributed by atoms with Crippen LogP contribution in [0.5, 0.6) is 0 Å². The van der Waals surface area contributed by atoms with Gasteiger partial charge in [0.1, 0.15) is 0 Å². The van der Waals surface area contributed by atoms with Crippen molar-refractivity contribution in [1.82, 2.24) is 15.5 Å². The molecular weight excluding hydrogens is 244 g/mol. The first-order valence-corrected chi connectivity index (χ1v) is 7.86. The lowest BCUT2D eigenvalue weighted by molar-refractivity contribution is 0.399. The van der Waals surface area contributed by atoms with Gasteiger partial charge in [-0.1, -0.05) is 0 Å². The Bertz CT molecular complexity index is 239. The number of hydrogen-bond acceptors (Lipinski definition) is 3. The molecule has 0 aromatic heterocycles. The number of nitrogens with one attached hydrogen (secondary N) is 2. The van der Waals surface area contributed by atoms with Crippen LogP contribution in [0.1, 0.15) is 27.2 Å².